The summed E-state index contributed by atoms with van der Waals surface area (Å²) in [5.41, 5.74) is 1.76. The first kappa shape index (κ1) is 19.0. The smallest absolute Gasteiger partial charge is 0.263 e. The van der Waals surface area contributed by atoms with E-state index in [2.05, 4.69) is 4.98 Å². The summed E-state index contributed by atoms with van der Waals surface area (Å²) in [7, 11) is 0. The average molecular weight is 445 g/mol. The Morgan fingerprint density at radius 1 is 1.21 bits per heavy atom. The largest absolute Gasteiger partial charge is 0.284 e. The van der Waals surface area contributed by atoms with E-state index < -0.39 is 0 Å². The van der Waals surface area contributed by atoms with E-state index in [9.17, 15) is 9.59 Å². The zero-order valence-corrected chi connectivity index (χ0v) is 18.6. The number of thiophene rings is 1. The lowest BCUT2D eigenvalue weighted by Crippen LogP contribution is -2.26. The number of fused-ring (bicyclic) bond motifs is 2. The van der Waals surface area contributed by atoms with Crippen molar-refractivity contribution in [3.63, 3.8) is 0 Å². The van der Waals surface area contributed by atoms with Gasteiger partial charge < -0.3 is 0 Å². The topological polar surface area (TPSA) is 69.3 Å². The maximum absolute atomic E-state index is 13.4. The molecule has 4 aromatic heterocycles. The number of aryl methyl sites for hydroxylation is 2. The number of nitrogens with zero attached hydrogens (tertiary/aromatic N) is 4. The summed E-state index contributed by atoms with van der Waals surface area (Å²) >= 11 is 4.53. The van der Waals surface area contributed by atoms with E-state index in [1.807, 2.05) is 23.8 Å². The first-order valence-corrected chi connectivity index (χ1v) is 12.3. The zero-order chi connectivity index (χ0) is 20.1. The van der Waals surface area contributed by atoms with Crippen molar-refractivity contribution in [2.75, 3.05) is 0 Å². The second kappa shape index (κ2) is 7.37. The number of thiazole rings is 1. The molecule has 5 rings (SSSR count). The van der Waals surface area contributed by atoms with E-state index >= 15 is 0 Å². The molecule has 0 spiro atoms. The predicted molar refractivity (Wildman–Crippen MR) is 120 cm³/mol. The minimum absolute atomic E-state index is 0.0760. The molecule has 0 radical (unpaired) electrons. The number of thioether (sulfide) groups is 1. The van der Waals surface area contributed by atoms with Gasteiger partial charge in [-0.25, -0.2) is 9.97 Å². The summed E-state index contributed by atoms with van der Waals surface area (Å²) in [4.78, 5) is 37.8. The van der Waals surface area contributed by atoms with Crippen LogP contribution < -0.4 is 11.1 Å². The lowest BCUT2D eigenvalue weighted by Gasteiger charge is -2.18. The Labute approximate surface area is 179 Å². The quantitative estimate of drug-likeness (QED) is 0.341. The van der Waals surface area contributed by atoms with Gasteiger partial charge in [0.2, 0.25) is 0 Å². The van der Waals surface area contributed by atoms with Crippen LogP contribution in [0.1, 0.15) is 47.9 Å². The van der Waals surface area contributed by atoms with Crippen molar-refractivity contribution in [3.05, 3.63) is 54.5 Å². The summed E-state index contributed by atoms with van der Waals surface area (Å²) in [5.74, 6) is 0.512. The highest BCUT2D eigenvalue weighted by Gasteiger charge is 2.25. The van der Waals surface area contributed by atoms with E-state index in [-0.39, 0.29) is 17.2 Å². The molecule has 0 saturated heterocycles. The van der Waals surface area contributed by atoms with Gasteiger partial charge in [-0.3, -0.25) is 18.6 Å². The third kappa shape index (κ3) is 3.25. The molecule has 1 saturated carbocycles. The van der Waals surface area contributed by atoms with E-state index in [0.29, 0.717) is 16.4 Å². The van der Waals surface area contributed by atoms with E-state index in [4.69, 9.17) is 4.98 Å². The number of hydrogen-bond donors (Lipinski definition) is 0. The highest BCUT2D eigenvalue weighted by Crippen LogP contribution is 2.35. The van der Waals surface area contributed by atoms with Gasteiger partial charge in [-0.05, 0) is 32.3 Å². The molecule has 4 aromatic rings. The van der Waals surface area contributed by atoms with Gasteiger partial charge in [0, 0.05) is 34.3 Å². The van der Waals surface area contributed by atoms with Crippen LogP contribution >= 0.6 is 34.4 Å². The Balaban J connectivity index is 1.58. The molecule has 29 heavy (non-hydrogen) atoms. The Hall–Kier alpha value is -1.97. The predicted octanol–water partition coefficient (Wildman–Crippen LogP) is 4.55. The third-order valence-electron chi connectivity index (χ3n) is 5.60. The van der Waals surface area contributed by atoms with Crippen LogP contribution in [-0.2, 0) is 5.75 Å². The fraction of sp³-hybridized carbons (Fsp3) is 0.400. The summed E-state index contributed by atoms with van der Waals surface area (Å²) in [6.07, 6.45) is 6.07. The molecule has 1 aliphatic carbocycles. The molecule has 0 bridgehead atoms. The van der Waals surface area contributed by atoms with Crippen molar-refractivity contribution in [3.8, 4) is 0 Å². The fourth-order valence-electron chi connectivity index (χ4n) is 3.97. The van der Waals surface area contributed by atoms with Crippen LogP contribution in [0.2, 0.25) is 0 Å². The van der Waals surface area contributed by atoms with Crippen LogP contribution in [0.5, 0.6) is 0 Å². The molecule has 9 heteroatoms. The average Bonchev–Trinajstić information content (AvgIpc) is 3.42. The monoisotopic (exact) mass is 444 g/mol. The van der Waals surface area contributed by atoms with Gasteiger partial charge in [0.25, 0.3) is 11.1 Å². The van der Waals surface area contributed by atoms with Gasteiger partial charge in [0.1, 0.15) is 4.83 Å². The Kier molecular flexibility index (Phi) is 4.84. The highest BCUT2D eigenvalue weighted by atomic mass is 32.2. The molecule has 4 heterocycles. The minimum Gasteiger partial charge on any atom is -0.284 e. The number of hydrogen-bond acceptors (Lipinski definition) is 7. The Morgan fingerprint density at radius 2 is 2.00 bits per heavy atom. The van der Waals surface area contributed by atoms with Crippen molar-refractivity contribution in [2.45, 2.75) is 56.5 Å². The van der Waals surface area contributed by atoms with E-state index in [1.165, 1.54) is 23.1 Å². The summed E-state index contributed by atoms with van der Waals surface area (Å²) in [6, 6.07) is 1.78. The molecule has 0 unspecified atom stereocenters. The van der Waals surface area contributed by atoms with Crippen LogP contribution in [0.25, 0.3) is 15.2 Å². The first-order chi connectivity index (χ1) is 14.0. The molecule has 6 nitrogen and oxygen atoms in total. The highest BCUT2D eigenvalue weighted by molar-refractivity contribution is 7.98. The third-order valence-corrected chi connectivity index (χ3v) is 8.44. The minimum atomic E-state index is -0.0760. The van der Waals surface area contributed by atoms with E-state index in [1.54, 1.807) is 28.0 Å². The lowest BCUT2D eigenvalue weighted by atomic mass is 10.2. The SMILES string of the molecule is Cc1sc2nc(SCc3cc(=O)n4ccsc4n3)n(C3CCCC3)c(=O)c2c1C. The van der Waals surface area contributed by atoms with Gasteiger partial charge in [0.05, 0.1) is 11.1 Å². The maximum atomic E-state index is 13.4. The fourth-order valence-corrected chi connectivity index (χ4v) is 6.74. The molecule has 150 valence electrons. The molecule has 0 atom stereocenters. The van der Waals surface area contributed by atoms with Gasteiger partial charge in [-0.1, -0.05) is 24.6 Å². The number of aromatic nitrogens is 4. The van der Waals surface area contributed by atoms with Crippen LogP contribution in [-0.4, -0.2) is 18.9 Å². The maximum Gasteiger partial charge on any atom is 0.263 e. The van der Waals surface area contributed by atoms with Crippen molar-refractivity contribution < 1.29 is 0 Å². The van der Waals surface area contributed by atoms with Crippen molar-refractivity contribution in [2.24, 2.45) is 0 Å². The normalized spacial score (nSPS) is 15.1. The van der Waals surface area contributed by atoms with Crippen LogP contribution in [0, 0.1) is 13.8 Å². The van der Waals surface area contributed by atoms with Crippen molar-refractivity contribution >= 4 is 49.6 Å². The van der Waals surface area contributed by atoms with Gasteiger partial charge in [0.15, 0.2) is 10.1 Å². The molecule has 0 amide bonds. The van der Waals surface area contributed by atoms with Crippen LogP contribution in [0.3, 0.4) is 0 Å². The summed E-state index contributed by atoms with van der Waals surface area (Å²) < 4.78 is 3.46. The standard InChI is InChI=1S/C20H20N4O2S3/c1-11-12(2)29-17-16(11)18(26)24(14-5-3-4-6-14)20(22-17)28-10-13-9-15(25)23-7-8-27-19(23)21-13/h7-9,14H,3-6,10H2,1-2H3. The van der Waals surface area contributed by atoms with Crippen LogP contribution in [0.15, 0.2) is 32.4 Å². The first-order valence-electron chi connectivity index (χ1n) is 9.64. The summed E-state index contributed by atoms with van der Waals surface area (Å²) in [6.45, 7) is 4.05. The van der Waals surface area contributed by atoms with Gasteiger partial charge >= 0.3 is 0 Å². The van der Waals surface area contributed by atoms with E-state index in [0.717, 1.165) is 51.5 Å². The molecule has 0 aliphatic heterocycles. The molecule has 1 fully saturated rings. The molecular formula is C20H20N4O2S3. The van der Waals surface area contributed by atoms with Gasteiger partial charge in [-0.15, -0.1) is 22.7 Å². The van der Waals surface area contributed by atoms with Crippen molar-refractivity contribution in [1.82, 2.24) is 18.9 Å². The molecular weight excluding hydrogens is 424 g/mol. The second-order valence-corrected chi connectivity index (χ2v) is 10.4. The Morgan fingerprint density at radius 3 is 2.79 bits per heavy atom. The van der Waals surface area contributed by atoms with Crippen LogP contribution in [0.4, 0.5) is 0 Å². The molecule has 1 aliphatic rings. The second-order valence-electron chi connectivity index (χ2n) is 7.40. The summed E-state index contributed by atoms with van der Waals surface area (Å²) in [5, 5.41) is 3.36. The van der Waals surface area contributed by atoms with Gasteiger partial charge in [-0.2, -0.15) is 0 Å². The lowest BCUT2D eigenvalue weighted by molar-refractivity contribution is 0.458. The molecule has 0 N–H and O–H groups in total. The zero-order valence-electron chi connectivity index (χ0n) is 16.2. The molecule has 0 aromatic carbocycles. The number of rotatable bonds is 4. The van der Waals surface area contributed by atoms with Crippen molar-refractivity contribution in [1.29, 1.82) is 0 Å². The Bertz CT molecular complexity index is 1340.